The zero-order valence-corrected chi connectivity index (χ0v) is 12.6. The number of Topliss-reactive ketones (excluding diaryl/α,β-unsaturated/α-hetero) is 1. The van der Waals surface area contributed by atoms with Crippen LogP contribution in [-0.4, -0.2) is 29.8 Å². The molecule has 21 heavy (non-hydrogen) atoms. The molecule has 1 saturated carbocycles. The van der Waals surface area contributed by atoms with E-state index in [-0.39, 0.29) is 11.3 Å². The van der Waals surface area contributed by atoms with Crippen molar-refractivity contribution in [3.63, 3.8) is 0 Å². The van der Waals surface area contributed by atoms with Crippen molar-refractivity contribution in [2.75, 3.05) is 13.1 Å². The van der Waals surface area contributed by atoms with Gasteiger partial charge in [0.1, 0.15) is 5.82 Å². The predicted octanol–water partition coefficient (Wildman–Crippen LogP) is 4.05. The Morgan fingerprint density at radius 2 is 1.90 bits per heavy atom. The number of fused-ring (bicyclic) bond motifs is 1. The van der Waals surface area contributed by atoms with Crippen LogP contribution in [0.25, 0.3) is 0 Å². The second kappa shape index (κ2) is 6.69. The maximum Gasteiger partial charge on any atom is 0.167 e. The number of rotatable bonds is 4. The fourth-order valence-electron chi connectivity index (χ4n) is 4.07. The highest BCUT2D eigenvalue weighted by atomic mass is 19.1. The van der Waals surface area contributed by atoms with Gasteiger partial charge in [0.25, 0.3) is 0 Å². The topological polar surface area (TPSA) is 20.3 Å². The lowest BCUT2D eigenvalue weighted by molar-refractivity contribution is 0.0575. The van der Waals surface area contributed by atoms with Crippen LogP contribution < -0.4 is 0 Å². The van der Waals surface area contributed by atoms with Crippen molar-refractivity contribution in [1.29, 1.82) is 0 Å². The first-order valence-electron chi connectivity index (χ1n) is 8.27. The monoisotopic (exact) mass is 289 g/mol. The normalized spacial score (nSPS) is 26.3. The molecular weight excluding hydrogens is 265 g/mol. The number of halogens is 1. The van der Waals surface area contributed by atoms with Gasteiger partial charge >= 0.3 is 0 Å². The van der Waals surface area contributed by atoms with E-state index in [9.17, 15) is 9.18 Å². The van der Waals surface area contributed by atoms with E-state index in [1.807, 2.05) is 0 Å². The van der Waals surface area contributed by atoms with Crippen molar-refractivity contribution in [3.8, 4) is 0 Å². The highest BCUT2D eigenvalue weighted by Crippen LogP contribution is 2.35. The Balaban J connectivity index is 1.59. The molecule has 2 atom stereocenters. The summed E-state index contributed by atoms with van der Waals surface area (Å²) in [6, 6.07) is 6.99. The molecule has 1 aliphatic carbocycles. The average Bonchev–Trinajstić information content (AvgIpc) is 2.53. The summed E-state index contributed by atoms with van der Waals surface area (Å²) in [7, 11) is 0. The van der Waals surface area contributed by atoms with E-state index < -0.39 is 5.82 Å². The van der Waals surface area contributed by atoms with E-state index in [1.54, 1.807) is 18.2 Å². The molecule has 2 fully saturated rings. The van der Waals surface area contributed by atoms with Crippen LogP contribution in [0.1, 0.15) is 55.3 Å². The Kier molecular flexibility index (Phi) is 4.69. The summed E-state index contributed by atoms with van der Waals surface area (Å²) in [6.07, 6.45) is 8.34. The minimum atomic E-state index is -0.392. The molecule has 2 aliphatic rings. The Bertz CT molecular complexity index is 500. The van der Waals surface area contributed by atoms with Crippen molar-refractivity contribution in [1.82, 2.24) is 4.90 Å². The molecule has 1 aromatic carbocycles. The Labute approximate surface area is 126 Å². The van der Waals surface area contributed by atoms with E-state index >= 15 is 0 Å². The second-order valence-corrected chi connectivity index (χ2v) is 6.44. The van der Waals surface area contributed by atoms with E-state index in [0.717, 1.165) is 19.0 Å². The molecule has 0 aromatic heterocycles. The van der Waals surface area contributed by atoms with Gasteiger partial charge in [-0.1, -0.05) is 25.0 Å². The predicted molar refractivity (Wildman–Crippen MR) is 81.9 cm³/mol. The third kappa shape index (κ3) is 3.34. The van der Waals surface area contributed by atoms with Gasteiger partial charge in [-0.25, -0.2) is 4.39 Å². The molecule has 114 valence electrons. The molecule has 1 heterocycles. The summed E-state index contributed by atoms with van der Waals surface area (Å²) >= 11 is 0. The lowest BCUT2D eigenvalue weighted by atomic mass is 9.78. The van der Waals surface area contributed by atoms with Crippen molar-refractivity contribution in [2.45, 2.75) is 51.0 Å². The fraction of sp³-hybridized carbons (Fsp3) is 0.611. The van der Waals surface area contributed by atoms with Crippen LogP contribution in [0.3, 0.4) is 0 Å². The minimum absolute atomic E-state index is 0.0639. The summed E-state index contributed by atoms with van der Waals surface area (Å²) in [4.78, 5) is 14.7. The number of piperidine rings is 1. The Morgan fingerprint density at radius 3 is 2.76 bits per heavy atom. The van der Waals surface area contributed by atoms with Crippen LogP contribution in [0.15, 0.2) is 24.3 Å². The molecule has 0 amide bonds. The number of hydrogen-bond acceptors (Lipinski definition) is 2. The first kappa shape index (κ1) is 14.7. The molecule has 0 bridgehead atoms. The number of nitrogens with zero attached hydrogens (tertiary/aromatic N) is 1. The fourth-order valence-corrected chi connectivity index (χ4v) is 4.07. The third-order valence-corrected chi connectivity index (χ3v) is 5.16. The van der Waals surface area contributed by atoms with Crippen LogP contribution in [0.2, 0.25) is 0 Å². The number of carbonyl (C=O) groups excluding carboxylic acids is 1. The first-order chi connectivity index (χ1) is 10.3. The van der Waals surface area contributed by atoms with Gasteiger partial charge in [0.15, 0.2) is 5.78 Å². The SMILES string of the molecule is O=C(CCN1CCC[C@H]2CCCC[C@H]21)c1ccccc1F. The molecule has 1 aliphatic heterocycles. The molecule has 1 aromatic rings. The minimum Gasteiger partial charge on any atom is -0.300 e. The van der Waals surface area contributed by atoms with Crippen molar-refractivity contribution in [3.05, 3.63) is 35.6 Å². The van der Waals surface area contributed by atoms with Gasteiger partial charge < -0.3 is 0 Å². The standard InChI is InChI=1S/C18H24FNO/c19-16-9-3-2-8-15(16)18(21)11-13-20-12-5-7-14-6-1-4-10-17(14)20/h2-3,8-9,14,17H,1,4-7,10-13H2/t14-,17-/m1/s1. The number of hydrogen-bond donors (Lipinski definition) is 0. The van der Waals surface area contributed by atoms with Gasteiger partial charge in [-0.3, -0.25) is 9.69 Å². The summed E-state index contributed by atoms with van der Waals surface area (Å²) in [6.45, 7) is 1.89. The molecule has 0 radical (unpaired) electrons. The largest absolute Gasteiger partial charge is 0.300 e. The van der Waals surface area contributed by atoms with E-state index in [4.69, 9.17) is 0 Å². The van der Waals surface area contributed by atoms with E-state index in [2.05, 4.69) is 4.90 Å². The first-order valence-corrected chi connectivity index (χ1v) is 8.27. The molecular formula is C18H24FNO. The number of likely N-dealkylation sites (tertiary alicyclic amines) is 1. The number of benzene rings is 1. The molecule has 0 unspecified atom stereocenters. The summed E-state index contributed by atoms with van der Waals surface area (Å²) in [5.41, 5.74) is 0.245. The molecule has 0 N–H and O–H groups in total. The average molecular weight is 289 g/mol. The van der Waals surface area contributed by atoms with Crippen LogP contribution in [0.4, 0.5) is 4.39 Å². The van der Waals surface area contributed by atoms with Crippen LogP contribution >= 0.6 is 0 Å². The van der Waals surface area contributed by atoms with Crippen molar-refractivity contribution >= 4 is 5.78 Å². The third-order valence-electron chi connectivity index (χ3n) is 5.16. The zero-order chi connectivity index (χ0) is 14.7. The second-order valence-electron chi connectivity index (χ2n) is 6.44. The quantitative estimate of drug-likeness (QED) is 0.779. The van der Waals surface area contributed by atoms with Gasteiger partial charge in [-0.15, -0.1) is 0 Å². The van der Waals surface area contributed by atoms with Crippen molar-refractivity contribution in [2.24, 2.45) is 5.92 Å². The zero-order valence-electron chi connectivity index (χ0n) is 12.6. The van der Waals surface area contributed by atoms with Crippen LogP contribution in [0.5, 0.6) is 0 Å². The molecule has 0 spiro atoms. The highest BCUT2D eigenvalue weighted by molar-refractivity contribution is 5.96. The molecule has 1 saturated heterocycles. The number of carbonyl (C=O) groups is 1. The summed E-state index contributed by atoms with van der Waals surface area (Å²) in [5.74, 6) is 0.374. The molecule has 3 rings (SSSR count). The maximum atomic E-state index is 13.6. The summed E-state index contributed by atoms with van der Waals surface area (Å²) < 4.78 is 13.6. The molecule has 3 heteroatoms. The van der Waals surface area contributed by atoms with Crippen LogP contribution in [-0.2, 0) is 0 Å². The van der Waals surface area contributed by atoms with Crippen molar-refractivity contribution < 1.29 is 9.18 Å². The smallest absolute Gasteiger partial charge is 0.167 e. The number of ketones is 1. The lowest BCUT2D eigenvalue weighted by Crippen LogP contribution is -2.47. The maximum absolute atomic E-state index is 13.6. The summed E-state index contributed by atoms with van der Waals surface area (Å²) in [5, 5.41) is 0. The van der Waals surface area contributed by atoms with E-state index in [1.165, 1.54) is 44.6 Å². The van der Waals surface area contributed by atoms with E-state index in [0.29, 0.717) is 12.5 Å². The molecule has 2 nitrogen and oxygen atoms in total. The van der Waals surface area contributed by atoms with Gasteiger partial charge in [-0.2, -0.15) is 0 Å². The highest BCUT2D eigenvalue weighted by Gasteiger charge is 2.33. The van der Waals surface area contributed by atoms with Crippen LogP contribution in [0, 0.1) is 11.7 Å². The lowest BCUT2D eigenvalue weighted by Gasteiger charge is -2.44. The Morgan fingerprint density at radius 1 is 1.14 bits per heavy atom. The van der Waals surface area contributed by atoms with Gasteiger partial charge in [0.05, 0.1) is 5.56 Å². The van der Waals surface area contributed by atoms with Gasteiger partial charge in [0, 0.05) is 19.0 Å². The Hall–Kier alpha value is -1.22. The van der Waals surface area contributed by atoms with Gasteiger partial charge in [0.2, 0.25) is 0 Å². The van der Waals surface area contributed by atoms with Gasteiger partial charge in [-0.05, 0) is 50.3 Å².